The summed E-state index contributed by atoms with van der Waals surface area (Å²) in [6.07, 6.45) is 2.65. The van der Waals surface area contributed by atoms with Gasteiger partial charge in [0.15, 0.2) is 16.9 Å². The molecule has 2 heterocycles. The van der Waals surface area contributed by atoms with E-state index < -0.39 is 27.0 Å². The van der Waals surface area contributed by atoms with Gasteiger partial charge in [0.05, 0.1) is 16.6 Å². The molecule has 0 unspecified atom stereocenters. The number of phenols is 2. The molecule has 28 heavy (non-hydrogen) atoms. The zero-order chi connectivity index (χ0) is 19.9. The third kappa shape index (κ3) is 2.80. The summed E-state index contributed by atoms with van der Waals surface area (Å²) in [6.45, 7) is 0. The normalized spacial score (nSPS) is 11.6. The number of pyridine rings is 2. The van der Waals surface area contributed by atoms with Crippen molar-refractivity contribution in [3.8, 4) is 22.8 Å². The molecule has 0 saturated carbocycles. The molecular weight excluding hydrogens is 380 g/mol. The van der Waals surface area contributed by atoms with Crippen molar-refractivity contribution in [3.05, 3.63) is 83.3 Å². The fourth-order valence-corrected chi connectivity index (χ4v) is 4.48. The molecule has 0 aliphatic heterocycles. The van der Waals surface area contributed by atoms with E-state index in [9.17, 15) is 23.4 Å². The van der Waals surface area contributed by atoms with Crippen molar-refractivity contribution in [2.75, 3.05) is 0 Å². The highest BCUT2D eigenvalue weighted by atomic mass is 32.2. The lowest BCUT2D eigenvalue weighted by Gasteiger charge is -2.18. The molecule has 2 aromatic heterocycles. The maximum Gasteiger partial charge on any atom is 0.270 e. The van der Waals surface area contributed by atoms with Crippen molar-refractivity contribution >= 4 is 20.9 Å². The monoisotopic (exact) mass is 394 g/mol. The standard InChI is InChI=1S/C20H14N2O5S/c23-18-10-16(13-5-2-1-3-6-13)22(17-11-20(25)19(24)9-15(17)18)28(26,27)14-7-4-8-21-12-14/h1-12,24-25H. The summed E-state index contributed by atoms with van der Waals surface area (Å²) in [7, 11) is -4.17. The van der Waals surface area contributed by atoms with Crippen LogP contribution in [0.5, 0.6) is 11.5 Å². The molecule has 0 amide bonds. The molecule has 0 saturated heterocycles. The topological polar surface area (TPSA) is 109 Å². The molecule has 0 spiro atoms. The van der Waals surface area contributed by atoms with E-state index in [1.54, 1.807) is 30.3 Å². The third-order valence-electron chi connectivity index (χ3n) is 4.31. The molecule has 0 atom stereocenters. The van der Waals surface area contributed by atoms with Gasteiger partial charge >= 0.3 is 0 Å². The molecule has 2 N–H and O–H groups in total. The first kappa shape index (κ1) is 17.7. The van der Waals surface area contributed by atoms with Crippen LogP contribution in [0.3, 0.4) is 0 Å². The van der Waals surface area contributed by atoms with Gasteiger partial charge in [-0.05, 0) is 23.8 Å². The molecule has 140 valence electrons. The van der Waals surface area contributed by atoms with Gasteiger partial charge in [0.25, 0.3) is 10.0 Å². The Kier molecular flexibility index (Phi) is 4.12. The van der Waals surface area contributed by atoms with Gasteiger partial charge in [0.1, 0.15) is 4.90 Å². The predicted octanol–water partition coefficient (Wildman–Crippen LogP) is 2.71. The van der Waals surface area contributed by atoms with Crippen molar-refractivity contribution in [3.63, 3.8) is 0 Å². The molecule has 0 bridgehead atoms. The van der Waals surface area contributed by atoms with Crippen LogP contribution in [0.1, 0.15) is 0 Å². The van der Waals surface area contributed by atoms with E-state index >= 15 is 0 Å². The van der Waals surface area contributed by atoms with Crippen LogP contribution in [0, 0.1) is 0 Å². The van der Waals surface area contributed by atoms with E-state index in [-0.39, 0.29) is 21.5 Å². The Labute approximate surface area is 159 Å². The minimum atomic E-state index is -4.17. The van der Waals surface area contributed by atoms with Crippen LogP contribution >= 0.6 is 0 Å². The number of rotatable bonds is 3. The number of nitrogens with zero attached hydrogens (tertiary/aromatic N) is 2. The minimum absolute atomic E-state index is 0.0394. The fourth-order valence-electron chi connectivity index (χ4n) is 3.00. The van der Waals surface area contributed by atoms with Gasteiger partial charge in [-0.1, -0.05) is 30.3 Å². The molecule has 4 aromatic rings. The van der Waals surface area contributed by atoms with Gasteiger partial charge in [-0.2, -0.15) is 0 Å². The van der Waals surface area contributed by atoms with Crippen LogP contribution in [0.25, 0.3) is 22.2 Å². The van der Waals surface area contributed by atoms with E-state index in [0.29, 0.717) is 5.56 Å². The quantitative estimate of drug-likeness (QED) is 0.517. The van der Waals surface area contributed by atoms with Gasteiger partial charge in [0.2, 0.25) is 0 Å². The predicted molar refractivity (Wildman–Crippen MR) is 104 cm³/mol. The Morgan fingerprint density at radius 1 is 0.893 bits per heavy atom. The first-order valence-electron chi connectivity index (χ1n) is 8.22. The summed E-state index contributed by atoms with van der Waals surface area (Å²) in [6, 6.07) is 14.8. The zero-order valence-electron chi connectivity index (χ0n) is 14.4. The van der Waals surface area contributed by atoms with Crippen LogP contribution in [0.4, 0.5) is 0 Å². The van der Waals surface area contributed by atoms with Gasteiger partial charge in [-0.25, -0.2) is 12.4 Å². The van der Waals surface area contributed by atoms with E-state index in [2.05, 4.69) is 4.98 Å². The van der Waals surface area contributed by atoms with Crippen LogP contribution in [0.2, 0.25) is 0 Å². The Bertz CT molecular complexity index is 1350. The number of hydrogen-bond donors (Lipinski definition) is 2. The molecule has 4 rings (SSSR count). The molecule has 0 aliphatic carbocycles. The number of phenolic OH excluding ortho intramolecular Hbond substituents is 2. The summed E-state index contributed by atoms with van der Waals surface area (Å²) >= 11 is 0. The molecule has 0 fully saturated rings. The third-order valence-corrected chi connectivity index (χ3v) is 6.02. The van der Waals surface area contributed by atoms with Crippen molar-refractivity contribution in [2.24, 2.45) is 0 Å². The average Bonchev–Trinajstić information content (AvgIpc) is 2.70. The Hall–Kier alpha value is -3.65. The van der Waals surface area contributed by atoms with Crippen molar-refractivity contribution in [2.45, 2.75) is 4.90 Å². The zero-order valence-corrected chi connectivity index (χ0v) is 15.2. The van der Waals surface area contributed by atoms with Crippen LogP contribution in [0.15, 0.2) is 82.7 Å². The smallest absolute Gasteiger partial charge is 0.270 e. The Morgan fingerprint density at radius 3 is 2.29 bits per heavy atom. The first-order valence-corrected chi connectivity index (χ1v) is 9.66. The van der Waals surface area contributed by atoms with Crippen LogP contribution in [-0.2, 0) is 10.0 Å². The summed E-state index contributed by atoms with van der Waals surface area (Å²) in [5, 5.41) is 19.7. The number of benzene rings is 2. The van der Waals surface area contributed by atoms with E-state index in [1.807, 2.05) is 0 Å². The highest BCUT2D eigenvalue weighted by Crippen LogP contribution is 2.33. The number of fused-ring (bicyclic) bond motifs is 1. The largest absolute Gasteiger partial charge is 0.504 e. The van der Waals surface area contributed by atoms with E-state index in [1.165, 1.54) is 30.6 Å². The van der Waals surface area contributed by atoms with Gasteiger partial charge in [-0.15, -0.1) is 0 Å². The minimum Gasteiger partial charge on any atom is -0.504 e. The molecule has 7 nitrogen and oxygen atoms in total. The molecule has 8 heteroatoms. The van der Waals surface area contributed by atoms with Crippen molar-refractivity contribution < 1.29 is 18.6 Å². The van der Waals surface area contributed by atoms with Crippen molar-refractivity contribution in [1.82, 2.24) is 8.96 Å². The summed E-state index contributed by atoms with van der Waals surface area (Å²) in [4.78, 5) is 16.4. The average molecular weight is 394 g/mol. The summed E-state index contributed by atoms with van der Waals surface area (Å²) in [5.74, 6) is -1.05. The van der Waals surface area contributed by atoms with Crippen LogP contribution in [-0.4, -0.2) is 27.6 Å². The highest BCUT2D eigenvalue weighted by Gasteiger charge is 2.24. The second-order valence-electron chi connectivity index (χ2n) is 6.08. The number of aromatic nitrogens is 2. The Morgan fingerprint density at radius 2 is 1.61 bits per heavy atom. The van der Waals surface area contributed by atoms with Gasteiger partial charge in [0, 0.05) is 24.5 Å². The maximum absolute atomic E-state index is 13.4. The molecular formula is C20H14N2O5S. The molecule has 0 aliphatic rings. The molecule has 0 radical (unpaired) electrons. The van der Waals surface area contributed by atoms with E-state index in [4.69, 9.17) is 0 Å². The second kappa shape index (κ2) is 6.50. The maximum atomic E-state index is 13.4. The lowest BCUT2D eigenvalue weighted by molar-refractivity contribution is 0.404. The van der Waals surface area contributed by atoms with Gasteiger partial charge < -0.3 is 10.2 Å². The first-order chi connectivity index (χ1) is 13.4. The van der Waals surface area contributed by atoms with Crippen molar-refractivity contribution in [1.29, 1.82) is 0 Å². The lowest BCUT2D eigenvalue weighted by atomic mass is 10.1. The van der Waals surface area contributed by atoms with E-state index in [0.717, 1.165) is 16.1 Å². The number of aromatic hydroxyl groups is 2. The second-order valence-corrected chi connectivity index (χ2v) is 7.86. The Balaban J connectivity index is 2.20. The van der Waals surface area contributed by atoms with Crippen LogP contribution < -0.4 is 5.43 Å². The van der Waals surface area contributed by atoms with Gasteiger partial charge in [-0.3, -0.25) is 9.78 Å². The SMILES string of the molecule is O=c1cc(-c2ccccc2)n(S(=O)(=O)c2cccnc2)c2cc(O)c(O)cc12. The molecule has 2 aromatic carbocycles. The lowest BCUT2D eigenvalue weighted by Crippen LogP contribution is -2.20. The summed E-state index contributed by atoms with van der Waals surface area (Å²) < 4.78 is 27.8. The summed E-state index contributed by atoms with van der Waals surface area (Å²) in [5.41, 5.74) is 0.0980. The highest BCUT2D eigenvalue weighted by molar-refractivity contribution is 7.90. The number of hydrogen-bond acceptors (Lipinski definition) is 6. The fraction of sp³-hybridized carbons (Fsp3) is 0.